The van der Waals surface area contributed by atoms with E-state index in [2.05, 4.69) is 17.1 Å². The highest BCUT2D eigenvalue weighted by Gasteiger charge is 2.31. The lowest BCUT2D eigenvalue weighted by Gasteiger charge is -2.41. The van der Waals surface area contributed by atoms with Gasteiger partial charge in [0.1, 0.15) is 0 Å². The Hall–Kier alpha value is -0.340. The molecule has 0 radical (unpaired) electrons. The Morgan fingerprint density at radius 2 is 2.29 bits per heavy atom. The van der Waals surface area contributed by atoms with Crippen molar-refractivity contribution in [1.29, 1.82) is 0 Å². The molecule has 2 atom stereocenters. The molecule has 2 rings (SSSR count). The first kappa shape index (κ1) is 10.2. The molecule has 0 saturated carbocycles. The number of nitrogens with zero attached hydrogens (tertiary/aromatic N) is 1. The van der Waals surface area contributed by atoms with Gasteiger partial charge in [-0.05, 0) is 45.6 Å². The molecule has 14 heavy (non-hydrogen) atoms. The monoisotopic (exact) mass is 195 g/mol. The second kappa shape index (κ2) is 4.03. The molecule has 0 aromatic heterocycles. The van der Waals surface area contributed by atoms with Crippen LogP contribution in [0.4, 0.5) is 0 Å². The van der Waals surface area contributed by atoms with Crippen molar-refractivity contribution in [3.8, 4) is 0 Å². The predicted molar refractivity (Wildman–Crippen MR) is 58.2 cm³/mol. The largest absolute Gasteiger partial charge is 0.389 e. The smallest absolute Gasteiger partial charge is 0.0746 e. The van der Waals surface area contributed by atoms with Crippen LogP contribution in [-0.4, -0.2) is 34.7 Å². The molecule has 80 valence electrons. The number of piperidine rings is 1. The standard InChI is InChI=1S/C12H21NO/c1-12(14)8-5-9-13(10-12)11-6-3-2-4-7-11/h3,6,11,14H,2,4-5,7-10H2,1H3. The molecular weight excluding hydrogens is 174 g/mol. The number of allylic oxidation sites excluding steroid dienone is 1. The van der Waals surface area contributed by atoms with Gasteiger partial charge in [-0.3, -0.25) is 4.90 Å². The van der Waals surface area contributed by atoms with Gasteiger partial charge in [0.25, 0.3) is 0 Å². The molecule has 2 nitrogen and oxygen atoms in total. The topological polar surface area (TPSA) is 23.5 Å². The van der Waals surface area contributed by atoms with E-state index in [0.29, 0.717) is 6.04 Å². The summed E-state index contributed by atoms with van der Waals surface area (Å²) < 4.78 is 0. The van der Waals surface area contributed by atoms with Crippen LogP contribution < -0.4 is 0 Å². The number of aliphatic hydroxyl groups is 1. The third kappa shape index (κ3) is 2.37. The maximum Gasteiger partial charge on any atom is 0.0746 e. The summed E-state index contributed by atoms with van der Waals surface area (Å²) in [7, 11) is 0. The minimum atomic E-state index is -0.455. The van der Waals surface area contributed by atoms with E-state index in [1.54, 1.807) is 0 Å². The normalized spacial score (nSPS) is 40.0. The molecule has 0 spiro atoms. The zero-order valence-corrected chi connectivity index (χ0v) is 9.08. The van der Waals surface area contributed by atoms with Gasteiger partial charge in [0.15, 0.2) is 0 Å². The molecule has 2 heteroatoms. The number of likely N-dealkylation sites (tertiary alicyclic amines) is 1. The van der Waals surface area contributed by atoms with Gasteiger partial charge >= 0.3 is 0 Å². The fraction of sp³-hybridized carbons (Fsp3) is 0.833. The predicted octanol–water partition coefficient (Wildman–Crippen LogP) is 1.94. The molecule has 1 fully saturated rings. The number of rotatable bonds is 1. The average Bonchev–Trinajstić information content (AvgIpc) is 2.18. The summed E-state index contributed by atoms with van der Waals surface area (Å²) in [5, 5.41) is 10.0. The summed E-state index contributed by atoms with van der Waals surface area (Å²) in [5.74, 6) is 0. The van der Waals surface area contributed by atoms with Gasteiger partial charge in [0.2, 0.25) is 0 Å². The highest BCUT2D eigenvalue weighted by atomic mass is 16.3. The summed E-state index contributed by atoms with van der Waals surface area (Å²) in [5.41, 5.74) is -0.455. The number of β-amino-alcohol motifs (C(OH)–C–C–N with tert-alkyl or cyclic N) is 1. The molecule has 2 unspecified atom stereocenters. The Bertz CT molecular complexity index is 222. The van der Waals surface area contributed by atoms with Crippen LogP contribution in [0.3, 0.4) is 0 Å². The summed E-state index contributed by atoms with van der Waals surface area (Å²) >= 11 is 0. The zero-order valence-electron chi connectivity index (χ0n) is 9.08. The molecule has 2 aliphatic rings. The maximum atomic E-state index is 10.0. The second-order valence-electron chi connectivity index (χ2n) is 5.00. The Morgan fingerprint density at radius 1 is 1.43 bits per heavy atom. The van der Waals surface area contributed by atoms with Crippen LogP contribution in [-0.2, 0) is 0 Å². The van der Waals surface area contributed by atoms with Gasteiger partial charge in [-0.1, -0.05) is 12.2 Å². The fourth-order valence-electron chi connectivity index (χ4n) is 2.64. The highest BCUT2D eigenvalue weighted by Crippen LogP contribution is 2.25. The molecule has 0 amide bonds. The van der Waals surface area contributed by atoms with Crippen LogP contribution in [0.25, 0.3) is 0 Å². The van der Waals surface area contributed by atoms with E-state index >= 15 is 0 Å². The van der Waals surface area contributed by atoms with Gasteiger partial charge in [-0.2, -0.15) is 0 Å². The van der Waals surface area contributed by atoms with Crippen LogP contribution >= 0.6 is 0 Å². The van der Waals surface area contributed by atoms with Gasteiger partial charge in [0.05, 0.1) is 5.60 Å². The molecular formula is C12H21NO. The van der Waals surface area contributed by atoms with Crippen LogP contribution in [0.5, 0.6) is 0 Å². The van der Waals surface area contributed by atoms with Crippen molar-refractivity contribution in [3.63, 3.8) is 0 Å². The van der Waals surface area contributed by atoms with E-state index in [-0.39, 0.29) is 0 Å². The average molecular weight is 195 g/mol. The highest BCUT2D eigenvalue weighted by molar-refractivity contribution is 5.00. The Kier molecular flexibility index (Phi) is 2.93. The molecule has 1 aliphatic carbocycles. The Morgan fingerprint density at radius 3 is 2.93 bits per heavy atom. The lowest BCUT2D eigenvalue weighted by molar-refractivity contribution is -0.0254. The van der Waals surface area contributed by atoms with E-state index in [9.17, 15) is 5.11 Å². The first-order chi connectivity index (χ1) is 6.67. The molecule has 0 aromatic carbocycles. The fourth-order valence-corrected chi connectivity index (χ4v) is 2.64. The van der Waals surface area contributed by atoms with E-state index in [1.165, 1.54) is 19.3 Å². The van der Waals surface area contributed by atoms with Crippen LogP contribution in [0.2, 0.25) is 0 Å². The summed E-state index contributed by atoms with van der Waals surface area (Å²) in [6.45, 7) is 3.97. The van der Waals surface area contributed by atoms with Gasteiger partial charge in [-0.15, -0.1) is 0 Å². The van der Waals surface area contributed by atoms with Crippen molar-refractivity contribution >= 4 is 0 Å². The van der Waals surface area contributed by atoms with Crippen LogP contribution in [0, 0.1) is 0 Å². The van der Waals surface area contributed by atoms with Crippen molar-refractivity contribution in [1.82, 2.24) is 4.90 Å². The van der Waals surface area contributed by atoms with Crippen LogP contribution in [0.15, 0.2) is 12.2 Å². The number of hydrogen-bond acceptors (Lipinski definition) is 2. The summed E-state index contributed by atoms with van der Waals surface area (Å²) in [6.07, 6.45) is 10.5. The zero-order chi connectivity index (χ0) is 10.0. The summed E-state index contributed by atoms with van der Waals surface area (Å²) in [6, 6.07) is 0.593. The minimum absolute atomic E-state index is 0.455. The molecule has 1 heterocycles. The molecule has 0 aromatic rings. The lowest BCUT2D eigenvalue weighted by Crippen LogP contribution is -2.50. The van der Waals surface area contributed by atoms with Gasteiger partial charge in [-0.25, -0.2) is 0 Å². The number of hydrogen-bond donors (Lipinski definition) is 1. The third-order valence-electron chi connectivity index (χ3n) is 3.40. The summed E-state index contributed by atoms with van der Waals surface area (Å²) in [4.78, 5) is 2.44. The van der Waals surface area contributed by atoms with Gasteiger partial charge < -0.3 is 5.11 Å². The van der Waals surface area contributed by atoms with Gasteiger partial charge in [0, 0.05) is 12.6 Å². The minimum Gasteiger partial charge on any atom is -0.389 e. The maximum absolute atomic E-state index is 10.0. The van der Waals surface area contributed by atoms with E-state index in [4.69, 9.17) is 0 Å². The lowest BCUT2D eigenvalue weighted by atomic mass is 9.92. The van der Waals surface area contributed by atoms with E-state index in [1.807, 2.05) is 6.92 Å². The molecule has 1 aliphatic heterocycles. The van der Waals surface area contributed by atoms with Crippen molar-refractivity contribution in [2.24, 2.45) is 0 Å². The SMILES string of the molecule is CC1(O)CCCN(C2C=CCCC2)C1. The van der Waals surface area contributed by atoms with Crippen molar-refractivity contribution in [2.75, 3.05) is 13.1 Å². The van der Waals surface area contributed by atoms with E-state index < -0.39 is 5.60 Å². The molecule has 1 N–H and O–H groups in total. The van der Waals surface area contributed by atoms with Crippen molar-refractivity contribution in [2.45, 2.75) is 50.7 Å². The first-order valence-electron chi connectivity index (χ1n) is 5.80. The third-order valence-corrected chi connectivity index (χ3v) is 3.40. The van der Waals surface area contributed by atoms with Crippen molar-refractivity contribution < 1.29 is 5.11 Å². The van der Waals surface area contributed by atoms with Crippen molar-refractivity contribution in [3.05, 3.63) is 12.2 Å². The molecule has 0 bridgehead atoms. The second-order valence-corrected chi connectivity index (χ2v) is 5.00. The quantitative estimate of drug-likeness (QED) is 0.646. The molecule has 1 saturated heterocycles. The first-order valence-corrected chi connectivity index (χ1v) is 5.80. The van der Waals surface area contributed by atoms with E-state index in [0.717, 1.165) is 25.9 Å². The van der Waals surface area contributed by atoms with Crippen LogP contribution in [0.1, 0.15) is 39.0 Å². The Balaban J connectivity index is 1.96. The Labute approximate surface area is 86.6 Å².